The predicted octanol–water partition coefficient (Wildman–Crippen LogP) is 4.07. The van der Waals surface area contributed by atoms with E-state index in [-0.39, 0.29) is 33.7 Å². The molecule has 0 radical (unpaired) electrons. The van der Waals surface area contributed by atoms with Gasteiger partial charge >= 0.3 is 0 Å². The summed E-state index contributed by atoms with van der Waals surface area (Å²) >= 11 is 18.2. The number of ether oxygens (including phenoxy) is 1. The zero-order valence-electron chi connectivity index (χ0n) is 12.1. The van der Waals surface area contributed by atoms with Crippen molar-refractivity contribution in [2.45, 2.75) is 19.4 Å². The average Bonchev–Trinajstić information content (AvgIpc) is 2.56. The Kier molecular flexibility index (Phi) is 4.94. The Morgan fingerprint density at radius 2 is 1.77 bits per heavy atom. The Hall–Kier alpha value is -0.980. The van der Waals surface area contributed by atoms with Crippen molar-refractivity contribution in [3.8, 4) is 0 Å². The van der Waals surface area contributed by atoms with Crippen LogP contribution >= 0.6 is 34.8 Å². The molecule has 5 nitrogen and oxygen atoms in total. The molecule has 1 amide bonds. The number of halogens is 3. The summed E-state index contributed by atoms with van der Waals surface area (Å²) in [5.41, 5.74) is -0.892. The molecule has 1 aromatic rings. The van der Waals surface area contributed by atoms with Crippen LogP contribution in [0, 0.1) is 0 Å². The minimum absolute atomic E-state index is 0.0206. The highest BCUT2D eigenvalue weighted by atomic mass is 35.5. The molecule has 1 aromatic carbocycles. The van der Waals surface area contributed by atoms with Crippen molar-refractivity contribution in [2.75, 3.05) is 13.9 Å². The number of carbonyl (C=O) groups excluding carboxylic acids is 1. The summed E-state index contributed by atoms with van der Waals surface area (Å²) in [6.45, 7) is 3.11. The Bertz CT molecular complexity index is 634. The van der Waals surface area contributed by atoms with Gasteiger partial charge in [-0.15, -0.1) is 0 Å². The van der Waals surface area contributed by atoms with E-state index in [4.69, 9.17) is 44.4 Å². The number of hydrogen-bond donors (Lipinski definition) is 1. The summed E-state index contributed by atoms with van der Waals surface area (Å²) in [5, 5.41) is 12.2. The second kappa shape index (κ2) is 6.26. The van der Waals surface area contributed by atoms with Gasteiger partial charge in [-0.05, 0) is 26.0 Å². The van der Waals surface area contributed by atoms with E-state index in [1.54, 1.807) is 13.8 Å². The molecule has 0 unspecified atom stereocenters. The summed E-state index contributed by atoms with van der Waals surface area (Å²) in [6.07, 6.45) is 0. The van der Waals surface area contributed by atoms with Gasteiger partial charge in [0.15, 0.2) is 6.79 Å². The summed E-state index contributed by atoms with van der Waals surface area (Å²) in [4.78, 5) is 17.9. The lowest BCUT2D eigenvalue weighted by molar-refractivity contribution is -0.238. The van der Waals surface area contributed by atoms with Crippen LogP contribution in [0.1, 0.15) is 19.4 Å². The number of benzene rings is 1. The van der Waals surface area contributed by atoms with Crippen molar-refractivity contribution in [3.05, 3.63) is 38.5 Å². The van der Waals surface area contributed by atoms with Crippen molar-refractivity contribution >= 4 is 46.3 Å². The highest BCUT2D eigenvalue weighted by Gasteiger charge is 2.48. The smallest absolute Gasteiger partial charge is 0.282 e. The molecule has 1 heterocycles. The number of methoxy groups -OCH3 is 1. The zero-order chi connectivity index (χ0) is 16.7. The van der Waals surface area contributed by atoms with E-state index >= 15 is 0 Å². The van der Waals surface area contributed by atoms with E-state index in [9.17, 15) is 9.90 Å². The molecule has 1 N–H and O–H groups in total. The summed E-state index contributed by atoms with van der Waals surface area (Å²) in [5.74, 6) is -0.759. The van der Waals surface area contributed by atoms with Crippen LogP contribution in [0.3, 0.4) is 0 Å². The van der Waals surface area contributed by atoms with E-state index in [1.807, 2.05) is 0 Å². The third-order valence-corrected chi connectivity index (χ3v) is 4.09. The third-order valence-electron chi connectivity index (χ3n) is 3.28. The fourth-order valence-electron chi connectivity index (χ4n) is 2.19. The molecular formula is C14H14Cl3NO4. The maximum atomic E-state index is 12.6. The van der Waals surface area contributed by atoms with Gasteiger partial charge in [0.1, 0.15) is 11.3 Å². The lowest BCUT2D eigenvalue weighted by Gasteiger charge is -2.30. The van der Waals surface area contributed by atoms with Crippen molar-refractivity contribution in [1.82, 2.24) is 5.06 Å². The number of amides is 1. The van der Waals surface area contributed by atoms with E-state index in [2.05, 4.69) is 0 Å². The Morgan fingerprint density at radius 1 is 1.23 bits per heavy atom. The quantitative estimate of drug-likeness (QED) is 0.816. The van der Waals surface area contributed by atoms with Gasteiger partial charge in [-0.1, -0.05) is 34.8 Å². The summed E-state index contributed by atoms with van der Waals surface area (Å²) in [7, 11) is 1.43. The molecule has 0 saturated heterocycles. The van der Waals surface area contributed by atoms with E-state index in [0.717, 1.165) is 5.06 Å². The lowest BCUT2D eigenvalue weighted by atomic mass is 9.99. The van der Waals surface area contributed by atoms with E-state index in [0.29, 0.717) is 5.02 Å². The first-order valence-electron chi connectivity index (χ1n) is 6.26. The molecule has 0 atom stereocenters. The van der Waals surface area contributed by atoms with Gasteiger partial charge in [0, 0.05) is 17.7 Å². The molecule has 0 bridgehead atoms. The van der Waals surface area contributed by atoms with Crippen molar-refractivity contribution in [2.24, 2.45) is 0 Å². The number of hydroxylamine groups is 2. The van der Waals surface area contributed by atoms with Gasteiger partial charge in [-0.25, -0.2) is 9.90 Å². The molecule has 0 saturated carbocycles. The molecule has 0 spiro atoms. The first kappa shape index (κ1) is 17.4. The topological polar surface area (TPSA) is 59.0 Å². The molecule has 22 heavy (non-hydrogen) atoms. The normalized spacial score (nSPS) is 17.5. The van der Waals surface area contributed by atoms with Crippen LogP contribution in [-0.2, 0) is 14.4 Å². The highest BCUT2D eigenvalue weighted by Crippen LogP contribution is 2.43. The van der Waals surface area contributed by atoms with Gasteiger partial charge in [-0.3, -0.25) is 4.79 Å². The van der Waals surface area contributed by atoms with Crippen LogP contribution in [-0.4, -0.2) is 35.5 Å². The van der Waals surface area contributed by atoms with Crippen LogP contribution in [0.2, 0.25) is 15.1 Å². The highest BCUT2D eigenvalue weighted by molar-refractivity contribution is 6.43. The zero-order valence-corrected chi connectivity index (χ0v) is 14.4. The third kappa shape index (κ3) is 2.79. The predicted molar refractivity (Wildman–Crippen MR) is 84.9 cm³/mol. The minimum Gasteiger partial charge on any atom is -0.509 e. The van der Waals surface area contributed by atoms with Crippen LogP contribution < -0.4 is 0 Å². The SMILES string of the molecule is COCON1C(=O)C(c2c(Cl)cc(Cl)cc2Cl)=C(O)C1(C)C. The number of aliphatic hydroxyl groups is 1. The fraction of sp³-hybridized carbons (Fsp3) is 0.357. The van der Waals surface area contributed by atoms with Crippen molar-refractivity contribution < 1.29 is 19.5 Å². The molecule has 0 aliphatic carbocycles. The van der Waals surface area contributed by atoms with Crippen LogP contribution in [0.4, 0.5) is 0 Å². The monoisotopic (exact) mass is 365 g/mol. The summed E-state index contributed by atoms with van der Waals surface area (Å²) in [6, 6.07) is 2.90. The van der Waals surface area contributed by atoms with Gasteiger partial charge in [0.25, 0.3) is 5.91 Å². The fourth-order valence-corrected chi connectivity index (χ4v) is 3.20. The average molecular weight is 367 g/mol. The van der Waals surface area contributed by atoms with Crippen LogP contribution in [0.25, 0.3) is 5.57 Å². The second-order valence-corrected chi connectivity index (χ2v) is 6.41. The molecule has 8 heteroatoms. The van der Waals surface area contributed by atoms with Crippen LogP contribution in [0.5, 0.6) is 0 Å². The Morgan fingerprint density at radius 3 is 2.27 bits per heavy atom. The summed E-state index contributed by atoms with van der Waals surface area (Å²) < 4.78 is 4.80. The van der Waals surface area contributed by atoms with Gasteiger partial charge in [0.2, 0.25) is 0 Å². The van der Waals surface area contributed by atoms with E-state index < -0.39 is 11.4 Å². The molecule has 0 aromatic heterocycles. The largest absolute Gasteiger partial charge is 0.509 e. The van der Waals surface area contributed by atoms with Gasteiger partial charge in [0.05, 0.1) is 15.6 Å². The number of carbonyl (C=O) groups is 1. The molecule has 0 fully saturated rings. The maximum Gasteiger partial charge on any atom is 0.282 e. The minimum atomic E-state index is -1.09. The first-order chi connectivity index (χ1) is 10.2. The van der Waals surface area contributed by atoms with Gasteiger partial charge in [-0.2, -0.15) is 0 Å². The molecule has 120 valence electrons. The number of rotatable bonds is 4. The second-order valence-electron chi connectivity index (χ2n) is 5.16. The molecule has 1 aliphatic rings. The lowest BCUT2D eigenvalue weighted by Crippen LogP contribution is -2.43. The molecule has 2 rings (SSSR count). The molecular weight excluding hydrogens is 353 g/mol. The maximum absolute atomic E-state index is 12.6. The molecule has 1 aliphatic heterocycles. The number of hydrogen-bond acceptors (Lipinski definition) is 4. The Balaban J connectivity index is 2.56. The van der Waals surface area contributed by atoms with Crippen LogP contribution in [0.15, 0.2) is 17.9 Å². The first-order valence-corrected chi connectivity index (χ1v) is 7.40. The Labute approximate surface area is 142 Å². The number of nitrogens with zero attached hydrogens (tertiary/aromatic N) is 1. The van der Waals surface area contributed by atoms with Gasteiger partial charge < -0.3 is 9.84 Å². The van der Waals surface area contributed by atoms with E-state index in [1.165, 1.54) is 19.2 Å². The number of aliphatic hydroxyl groups excluding tert-OH is 1. The van der Waals surface area contributed by atoms with Crippen molar-refractivity contribution in [1.29, 1.82) is 0 Å². The van der Waals surface area contributed by atoms with Crippen molar-refractivity contribution in [3.63, 3.8) is 0 Å². The standard InChI is InChI=1S/C14H14Cl3NO4/c1-14(2)12(19)11(13(20)18(14)22-6-21-3)10-8(16)4-7(15)5-9(10)17/h4-5,19H,6H2,1-3H3.